The lowest BCUT2D eigenvalue weighted by Gasteiger charge is -2.17. The Bertz CT molecular complexity index is 941. The number of aryl methyl sites for hydroxylation is 1. The molecule has 1 aliphatic heterocycles. The molecule has 2 aromatic rings. The molecule has 0 bridgehead atoms. The maximum Gasteiger partial charge on any atom is 0.283 e. The van der Waals surface area contributed by atoms with Crippen molar-refractivity contribution in [3.8, 4) is 5.75 Å². The highest BCUT2D eigenvalue weighted by Crippen LogP contribution is 2.36. The van der Waals surface area contributed by atoms with Crippen LogP contribution in [0.3, 0.4) is 0 Å². The average Bonchev–Trinajstić information content (AvgIpc) is 2.77. The van der Waals surface area contributed by atoms with Crippen LogP contribution < -0.4 is 10.2 Å². The number of nitrogens with zero attached hydrogens (tertiary/aromatic N) is 1. The van der Waals surface area contributed by atoms with Crippen molar-refractivity contribution in [3.05, 3.63) is 62.7 Å². The van der Waals surface area contributed by atoms with Gasteiger partial charge in [-0.15, -0.1) is 0 Å². The van der Waals surface area contributed by atoms with Gasteiger partial charge in [0, 0.05) is 5.02 Å². The summed E-state index contributed by atoms with van der Waals surface area (Å²) in [6.45, 7) is 1.82. The molecule has 0 fully saturated rings. The number of anilines is 2. The largest absolute Gasteiger partial charge is 0.506 e. The zero-order valence-corrected chi connectivity index (χ0v) is 15.1. The Hall–Kier alpha value is -2.21. The van der Waals surface area contributed by atoms with Gasteiger partial charge >= 0.3 is 0 Å². The molecule has 0 atom stereocenters. The van der Waals surface area contributed by atoms with Gasteiger partial charge in [-0.3, -0.25) is 9.59 Å². The molecule has 128 valence electrons. The number of amides is 2. The molecule has 0 saturated carbocycles. The lowest BCUT2D eigenvalue weighted by Crippen LogP contribution is -2.32. The fourth-order valence-corrected chi connectivity index (χ4v) is 2.95. The van der Waals surface area contributed by atoms with Crippen LogP contribution in [-0.4, -0.2) is 16.9 Å². The molecule has 0 aromatic heterocycles. The topological polar surface area (TPSA) is 69.6 Å². The van der Waals surface area contributed by atoms with Crippen LogP contribution in [0.15, 0.2) is 47.1 Å². The average molecular weight is 398 g/mol. The first-order chi connectivity index (χ1) is 11.8. The molecule has 2 aromatic carbocycles. The number of nitrogens with one attached hydrogen (secondary N) is 1. The molecule has 0 radical (unpaired) electrons. The maximum absolute atomic E-state index is 12.7. The minimum atomic E-state index is -0.731. The Morgan fingerprint density at radius 1 is 1.00 bits per heavy atom. The van der Waals surface area contributed by atoms with E-state index in [4.69, 9.17) is 34.8 Å². The number of rotatable bonds is 3. The van der Waals surface area contributed by atoms with Crippen molar-refractivity contribution in [1.82, 2.24) is 0 Å². The number of imide groups is 1. The molecule has 8 heteroatoms. The van der Waals surface area contributed by atoms with Crippen LogP contribution in [0.2, 0.25) is 10.0 Å². The van der Waals surface area contributed by atoms with Gasteiger partial charge in [-0.05, 0) is 42.8 Å². The summed E-state index contributed by atoms with van der Waals surface area (Å²) in [4.78, 5) is 26.0. The SMILES string of the molecule is Cc1ccc(O)c(NC2=C(Cl)C(=O)N(c3cc(Cl)ccc3Cl)C2=O)c1. The molecule has 2 amide bonds. The number of benzene rings is 2. The summed E-state index contributed by atoms with van der Waals surface area (Å²) in [6.07, 6.45) is 0. The molecule has 3 rings (SSSR count). The summed E-state index contributed by atoms with van der Waals surface area (Å²) in [5.74, 6) is -1.51. The zero-order valence-electron chi connectivity index (χ0n) is 12.8. The Morgan fingerprint density at radius 3 is 2.44 bits per heavy atom. The second kappa shape index (κ2) is 6.59. The minimum absolute atomic E-state index is 0.0814. The van der Waals surface area contributed by atoms with Crippen molar-refractivity contribution in [2.45, 2.75) is 6.92 Å². The van der Waals surface area contributed by atoms with E-state index in [9.17, 15) is 14.7 Å². The van der Waals surface area contributed by atoms with Crippen LogP contribution >= 0.6 is 34.8 Å². The summed E-state index contributed by atoms with van der Waals surface area (Å²) in [7, 11) is 0. The second-order valence-electron chi connectivity index (χ2n) is 5.38. The van der Waals surface area contributed by atoms with E-state index < -0.39 is 11.8 Å². The summed E-state index contributed by atoms with van der Waals surface area (Å²) >= 11 is 18.1. The van der Waals surface area contributed by atoms with Crippen molar-refractivity contribution in [3.63, 3.8) is 0 Å². The van der Waals surface area contributed by atoms with E-state index in [1.165, 1.54) is 24.3 Å². The number of carbonyl (C=O) groups is 2. The van der Waals surface area contributed by atoms with Crippen LogP contribution in [0, 0.1) is 6.92 Å². The number of phenols is 1. The fourth-order valence-electron chi connectivity index (χ4n) is 2.37. The van der Waals surface area contributed by atoms with E-state index in [1.807, 2.05) is 6.92 Å². The normalized spacial score (nSPS) is 14.5. The van der Waals surface area contributed by atoms with Crippen LogP contribution in [0.4, 0.5) is 11.4 Å². The Labute approximate surface area is 158 Å². The molecule has 25 heavy (non-hydrogen) atoms. The smallest absolute Gasteiger partial charge is 0.283 e. The van der Waals surface area contributed by atoms with Crippen molar-refractivity contribution in [2.75, 3.05) is 10.2 Å². The van der Waals surface area contributed by atoms with Crippen molar-refractivity contribution in [1.29, 1.82) is 0 Å². The number of aromatic hydroxyl groups is 1. The van der Waals surface area contributed by atoms with Crippen LogP contribution in [0.5, 0.6) is 5.75 Å². The summed E-state index contributed by atoms with van der Waals surface area (Å²) in [5.41, 5.74) is 1.09. The molecular formula is C17H11Cl3N2O3. The van der Waals surface area contributed by atoms with E-state index in [0.29, 0.717) is 5.02 Å². The van der Waals surface area contributed by atoms with Crippen LogP contribution in [-0.2, 0) is 9.59 Å². The molecule has 5 nitrogen and oxygen atoms in total. The fraction of sp³-hybridized carbons (Fsp3) is 0.0588. The predicted octanol–water partition coefficient (Wildman–Crippen LogP) is 4.44. The van der Waals surface area contributed by atoms with Gasteiger partial charge in [0.1, 0.15) is 16.5 Å². The molecule has 0 spiro atoms. The highest BCUT2D eigenvalue weighted by Gasteiger charge is 2.40. The highest BCUT2D eigenvalue weighted by atomic mass is 35.5. The first kappa shape index (κ1) is 17.6. The third kappa shape index (κ3) is 3.18. The lowest BCUT2D eigenvalue weighted by atomic mass is 10.2. The quantitative estimate of drug-likeness (QED) is 0.593. The van der Waals surface area contributed by atoms with Gasteiger partial charge in [0.2, 0.25) is 0 Å². The van der Waals surface area contributed by atoms with E-state index in [0.717, 1.165) is 10.5 Å². The van der Waals surface area contributed by atoms with Crippen molar-refractivity contribution in [2.24, 2.45) is 0 Å². The Morgan fingerprint density at radius 2 is 1.72 bits per heavy atom. The number of hydrogen-bond donors (Lipinski definition) is 2. The number of hydrogen-bond acceptors (Lipinski definition) is 4. The number of carbonyl (C=O) groups excluding carboxylic acids is 2. The highest BCUT2D eigenvalue weighted by molar-refractivity contribution is 6.54. The zero-order chi connectivity index (χ0) is 18.3. The molecule has 2 N–H and O–H groups in total. The Kier molecular flexibility index (Phi) is 4.64. The van der Waals surface area contributed by atoms with Crippen molar-refractivity contribution < 1.29 is 14.7 Å². The Balaban J connectivity index is 2.00. The third-order valence-corrected chi connectivity index (χ3v) is 4.49. The maximum atomic E-state index is 12.7. The van der Waals surface area contributed by atoms with E-state index in [1.54, 1.807) is 12.1 Å². The third-order valence-electron chi connectivity index (χ3n) is 3.59. The van der Waals surface area contributed by atoms with Crippen LogP contribution in [0.25, 0.3) is 0 Å². The van der Waals surface area contributed by atoms with E-state index >= 15 is 0 Å². The summed E-state index contributed by atoms with van der Waals surface area (Å²) < 4.78 is 0. The number of halogens is 3. The predicted molar refractivity (Wildman–Crippen MR) is 98.3 cm³/mol. The first-order valence-electron chi connectivity index (χ1n) is 7.10. The molecule has 0 aliphatic carbocycles. The molecule has 0 unspecified atom stereocenters. The first-order valence-corrected chi connectivity index (χ1v) is 8.23. The molecular weight excluding hydrogens is 387 g/mol. The molecule has 0 saturated heterocycles. The van der Waals surface area contributed by atoms with Crippen LogP contribution in [0.1, 0.15) is 5.56 Å². The van der Waals surface area contributed by atoms with Gasteiger partial charge in [0.15, 0.2) is 0 Å². The van der Waals surface area contributed by atoms with E-state index in [2.05, 4.69) is 5.32 Å². The summed E-state index contributed by atoms with van der Waals surface area (Å²) in [5, 5.41) is 12.8. The molecule has 1 heterocycles. The van der Waals surface area contributed by atoms with Gasteiger partial charge in [0.25, 0.3) is 11.8 Å². The standard InChI is InChI=1S/C17H11Cl3N2O3/c1-8-2-5-13(23)11(6-8)21-15-14(20)16(24)22(17(15)25)12-7-9(18)3-4-10(12)19/h2-7,21,23H,1H3. The van der Waals surface area contributed by atoms with Gasteiger partial charge in [-0.1, -0.05) is 40.9 Å². The summed E-state index contributed by atoms with van der Waals surface area (Å²) in [6, 6.07) is 9.22. The lowest BCUT2D eigenvalue weighted by molar-refractivity contribution is -0.120. The molecule has 1 aliphatic rings. The van der Waals surface area contributed by atoms with Gasteiger partial charge < -0.3 is 10.4 Å². The minimum Gasteiger partial charge on any atom is -0.506 e. The van der Waals surface area contributed by atoms with Gasteiger partial charge in [-0.25, -0.2) is 4.90 Å². The second-order valence-corrected chi connectivity index (χ2v) is 6.60. The van der Waals surface area contributed by atoms with Crippen molar-refractivity contribution >= 4 is 58.0 Å². The number of phenolic OH excluding ortho intramolecular Hbond substituents is 1. The van der Waals surface area contributed by atoms with Gasteiger partial charge in [-0.2, -0.15) is 0 Å². The monoisotopic (exact) mass is 396 g/mol. The van der Waals surface area contributed by atoms with Gasteiger partial charge in [0.05, 0.1) is 16.4 Å². The van der Waals surface area contributed by atoms with E-state index in [-0.39, 0.29) is 32.9 Å².